The van der Waals surface area contributed by atoms with Gasteiger partial charge in [0.15, 0.2) is 0 Å². The predicted molar refractivity (Wildman–Crippen MR) is 48.9 cm³/mol. The fourth-order valence-corrected chi connectivity index (χ4v) is 2.16. The number of β-amino-alcohol motifs (C(OH)–C–C–N with tert-alkyl or cyclic N) is 1. The highest BCUT2D eigenvalue weighted by Crippen LogP contribution is 2.44. The van der Waals surface area contributed by atoms with Crippen molar-refractivity contribution in [3.63, 3.8) is 0 Å². The van der Waals surface area contributed by atoms with Gasteiger partial charge in [0.25, 0.3) is 0 Å². The highest BCUT2D eigenvalue weighted by Gasteiger charge is 2.51. The number of rotatable bonds is 3. The average Bonchev–Trinajstić information content (AvgIpc) is 2.83. The molecule has 3 heteroatoms. The molecule has 0 bridgehead atoms. The summed E-state index contributed by atoms with van der Waals surface area (Å²) >= 11 is 0. The van der Waals surface area contributed by atoms with Crippen LogP contribution in [0.5, 0.6) is 0 Å². The van der Waals surface area contributed by atoms with Gasteiger partial charge in [-0.15, -0.1) is 0 Å². The molecule has 1 saturated heterocycles. The van der Waals surface area contributed by atoms with E-state index in [1.54, 1.807) is 0 Å². The fourth-order valence-electron chi connectivity index (χ4n) is 2.16. The summed E-state index contributed by atoms with van der Waals surface area (Å²) in [5, 5.41) is 18.6. The van der Waals surface area contributed by atoms with Gasteiger partial charge in [0, 0.05) is 19.6 Å². The van der Waals surface area contributed by atoms with Gasteiger partial charge in [0.1, 0.15) is 0 Å². The lowest BCUT2D eigenvalue weighted by atomic mass is 9.88. The van der Waals surface area contributed by atoms with Crippen LogP contribution in [-0.4, -0.2) is 35.2 Å². The lowest BCUT2D eigenvalue weighted by molar-refractivity contribution is -0.115. The number of nitrogens with zero attached hydrogens (tertiary/aromatic N) is 2. The number of aliphatic hydroxyl groups is 1. The van der Waals surface area contributed by atoms with Crippen LogP contribution in [0.3, 0.4) is 0 Å². The van der Waals surface area contributed by atoms with Gasteiger partial charge in [0.2, 0.25) is 0 Å². The second-order valence-corrected chi connectivity index (χ2v) is 4.58. The molecule has 0 aromatic rings. The highest BCUT2D eigenvalue weighted by atomic mass is 16.3. The van der Waals surface area contributed by atoms with Crippen molar-refractivity contribution in [2.45, 2.75) is 25.4 Å². The van der Waals surface area contributed by atoms with Crippen molar-refractivity contribution in [1.82, 2.24) is 4.90 Å². The molecule has 13 heavy (non-hydrogen) atoms. The van der Waals surface area contributed by atoms with Crippen molar-refractivity contribution in [3.8, 4) is 6.07 Å². The number of hydrogen-bond acceptors (Lipinski definition) is 3. The summed E-state index contributed by atoms with van der Waals surface area (Å²) in [5.74, 6) is 0.643. The van der Waals surface area contributed by atoms with E-state index >= 15 is 0 Å². The molecule has 0 spiro atoms. The quantitative estimate of drug-likeness (QED) is 0.692. The first-order valence-corrected chi connectivity index (χ1v) is 4.98. The summed E-state index contributed by atoms with van der Waals surface area (Å²) in [4.78, 5) is 2.17. The first-order valence-electron chi connectivity index (χ1n) is 4.98. The molecule has 1 heterocycles. The molecule has 1 aliphatic carbocycles. The maximum Gasteiger partial charge on any atom is 0.0928 e. The van der Waals surface area contributed by atoms with Crippen LogP contribution in [0.15, 0.2) is 0 Å². The van der Waals surface area contributed by atoms with Gasteiger partial charge in [0.05, 0.1) is 17.6 Å². The van der Waals surface area contributed by atoms with Crippen molar-refractivity contribution in [3.05, 3.63) is 0 Å². The van der Waals surface area contributed by atoms with Crippen LogP contribution >= 0.6 is 0 Å². The Bertz CT molecular complexity index is 236. The minimum absolute atomic E-state index is 0.0868. The van der Waals surface area contributed by atoms with Crippen LogP contribution in [0.25, 0.3) is 0 Å². The van der Waals surface area contributed by atoms with Crippen LogP contribution in [-0.2, 0) is 0 Å². The smallest absolute Gasteiger partial charge is 0.0928 e. The van der Waals surface area contributed by atoms with Crippen LogP contribution < -0.4 is 0 Å². The van der Waals surface area contributed by atoms with Crippen LogP contribution in [0, 0.1) is 23.2 Å². The molecule has 2 aliphatic rings. The summed E-state index contributed by atoms with van der Waals surface area (Å²) in [5.41, 5.74) is -0.394. The average molecular weight is 180 g/mol. The summed E-state index contributed by atoms with van der Waals surface area (Å²) < 4.78 is 0. The van der Waals surface area contributed by atoms with Crippen molar-refractivity contribution in [1.29, 1.82) is 5.26 Å². The molecule has 2 rings (SSSR count). The second-order valence-electron chi connectivity index (χ2n) is 4.58. The highest BCUT2D eigenvalue weighted by molar-refractivity contribution is 5.05. The van der Waals surface area contributed by atoms with E-state index in [9.17, 15) is 5.11 Å². The molecular weight excluding hydrogens is 164 g/mol. The van der Waals surface area contributed by atoms with Crippen molar-refractivity contribution >= 4 is 0 Å². The zero-order valence-electron chi connectivity index (χ0n) is 8.03. The molecule has 0 amide bonds. The Kier molecular flexibility index (Phi) is 2.05. The van der Waals surface area contributed by atoms with Crippen molar-refractivity contribution in [2.24, 2.45) is 11.8 Å². The first-order chi connectivity index (χ1) is 6.14. The normalized spacial score (nSPS) is 29.0. The van der Waals surface area contributed by atoms with Crippen molar-refractivity contribution in [2.75, 3.05) is 19.6 Å². The second kappa shape index (κ2) is 2.97. The summed E-state index contributed by atoms with van der Waals surface area (Å²) in [6, 6.07) is 2.21. The molecule has 1 atom stereocenters. The van der Waals surface area contributed by atoms with Crippen LogP contribution in [0.1, 0.15) is 19.8 Å². The number of likely N-dealkylation sites (tertiary alicyclic amines) is 1. The number of nitriles is 1. The van der Waals surface area contributed by atoms with Gasteiger partial charge in [-0.25, -0.2) is 0 Å². The Morgan fingerprint density at radius 3 is 2.69 bits per heavy atom. The third-order valence-corrected chi connectivity index (χ3v) is 3.08. The molecule has 3 nitrogen and oxygen atoms in total. The van der Waals surface area contributed by atoms with Gasteiger partial charge in [-0.1, -0.05) is 0 Å². The molecule has 1 saturated carbocycles. The molecular formula is C10H16N2O. The minimum Gasteiger partial charge on any atom is -0.387 e. The Morgan fingerprint density at radius 2 is 2.23 bits per heavy atom. The van der Waals surface area contributed by atoms with E-state index in [0.717, 1.165) is 19.6 Å². The van der Waals surface area contributed by atoms with Crippen molar-refractivity contribution < 1.29 is 5.11 Å². The minimum atomic E-state index is -0.394. The molecule has 1 N–H and O–H groups in total. The molecule has 0 aromatic carbocycles. The van der Waals surface area contributed by atoms with E-state index in [0.29, 0.717) is 5.92 Å². The van der Waals surface area contributed by atoms with Gasteiger partial charge >= 0.3 is 0 Å². The van der Waals surface area contributed by atoms with E-state index < -0.39 is 5.60 Å². The third kappa shape index (κ3) is 1.70. The molecule has 0 aromatic heterocycles. The fraction of sp³-hybridized carbons (Fsp3) is 0.900. The van der Waals surface area contributed by atoms with Crippen LogP contribution in [0.4, 0.5) is 0 Å². The molecule has 1 unspecified atom stereocenters. The van der Waals surface area contributed by atoms with Gasteiger partial charge in [-0.3, -0.25) is 4.90 Å². The first kappa shape index (κ1) is 8.98. The van der Waals surface area contributed by atoms with Gasteiger partial charge < -0.3 is 5.11 Å². The Hall–Kier alpha value is -0.590. The Balaban J connectivity index is 1.75. The van der Waals surface area contributed by atoms with Crippen LogP contribution in [0.2, 0.25) is 0 Å². The summed E-state index contributed by atoms with van der Waals surface area (Å²) in [7, 11) is 0. The molecule has 0 radical (unpaired) electrons. The predicted octanol–water partition coefficient (Wildman–Crippen LogP) is 0.603. The maximum absolute atomic E-state index is 9.98. The number of hydrogen-bond donors (Lipinski definition) is 1. The largest absolute Gasteiger partial charge is 0.387 e. The maximum atomic E-state index is 9.98. The lowest BCUT2D eigenvalue weighted by Gasteiger charge is -2.47. The lowest BCUT2D eigenvalue weighted by Crippen LogP contribution is -2.63. The Labute approximate surface area is 79.0 Å². The molecule has 1 aliphatic heterocycles. The summed E-state index contributed by atoms with van der Waals surface area (Å²) in [6.45, 7) is 4.30. The van der Waals surface area contributed by atoms with E-state index in [-0.39, 0.29) is 5.92 Å². The molecule has 72 valence electrons. The Morgan fingerprint density at radius 1 is 1.62 bits per heavy atom. The van der Waals surface area contributed by atoms with E-state index in [1.165, 1.54) is 12.8 Å². The third-order valence-electron chi connectivity index (χ3n) is 3.08. The SMILES string of the molecule is CC(C#N)CN1CC(O)(C2CC2)C1. The standard InChI is InChI=1S/C10H16N2O/c1-8(4-11)5-12-6-10(13,7-12)9-2-3-9/h8-9,13H,2-3,5-7H2,1H3. The zero-order valence-corrected chi connectivity index (χ0v) is 8.03. The summed E-state index contributed by atoms with van der Waals surface area (Å²) in [6.07, 6.45) is 2.39. The zero-order chi connectivity index (χ0) is 9.47. The topological polar surface area (TPSA) is 47.3 Å². The van der Waals surface area contributed by atoms with Gasteiger partial charge in [-0.05, 0) is 25.7 Å². The van der Waals surface area contributed by atoms with E-state index in [1.807, 2.05) is 6.92 Å². The van der Waals surface area contributed by atoms with E-state index in [4.69, 9.17) is 5.26 Å². The monoisotopic (exact) mass is 180 g/mol. The molecule has 2 fully saturated rings. The van der Waals surface area contributed by atoms with E-state index in [2.05, 4.69) is 11.0 Å². The van der Waals surface area contributed by atoms with Gasteiger partial charge in [-0.2, -0.15) is 5.26 Å².